The van der Waals surface area contributed by atoms with Gasteiger partial charge in [-0.25, -0.2) is 13.2 Å². The number of fused-ring (bicyclic) bond motifs is 2. The lowest BCUT2D eigenvalue weighted by Crippen LogP contribution is -2.38. The Kier molecular flexibility index (Phi) is 2.87. The minimum Gasteiger partial charge on any atom is -0.478 e. The van der Waals surface area contributed by atoms with Gasteiger partial charge in [-0.3, -0.25) is 0 Å². The number of carboxylic acids is 1. The number of sulfonamides is 1. The molecule has 1 aromatic rings. The van der Waals surface area contributed by atoms with E-state index in [9.17, 15) is 13.2 Å². The van der Waals surface area contributed by atoms with Crippen molar-refractivity contribution in [1.82, 2.24) is 4.31 Å². The Morgan fingerprint density at radius 2 is 2.00 bits per heavy atom. The fourth-order valence-electron chi connectivity index (χ4n) is 3.17. The first-order valence-electron chi connectivity index (χ1n) is 6.34. The van der Waals surface area contributed by atoms with Crippen LogP contribution >= 0.6 is 0 Å². The topological polar surface area (TPSA) is 74.7 Å². The van der Waals surface area contributed by atoms with Gasteiger partial charge < -0.3 is 5.11 Å². The first-order chi connectivity index (χ1) is 9.00. The van der Waals surface area contributed by atoms with E-state index in [2.05, 4.69) is 0 Å². The third kappa shape index (κ3) is 1.95. The molecule has 2 fully saturated rings. The molecule has 19 heavy (non-hydrogen) atoms. The van der Waals surface area contributed by atoms with Gasteiger partial charge in [0.25, 0.3) is 0 Å². The number of carboxylic acid groups (broad SMARTS) is 1. The third-order valence-electron chi connectivity index (χ3n) is 4.06. The van der Waals surface area contributed by atoms with Gasteiger partial charge in [-0.2, -0.15) is 4.31 Å². The van der Waals surface area contributed by atoms with Gasteiger partial charge in [0, 0.05) is 12.6 Å². The molecule has 1 saturated carbocycles. The molecule has 2 bridgehead atoms. The van der Waals surface area contributed by atoms with Crippen molar-refractivity contribution < 1.29 is 18.3 Å². The highest BCUT2D eigenvalue weighted by atomic mass is 32.2. The quantitative estimate of drug-likeness (QED) is 0.912. The highest BCUT2D eigenvalue weighted by molar-refractivity contribution is 7.89. The summed E-state index contributed by atoms with van der Waals surface area (Å²) in [4.78, 5) is 11.1. The van der Waals surface area contributed by atoms with E-state index in [0.717, 1.165) is 19.3 Å². The van der Waals surface area contributed by atoms with Crippen LogP contribution in [-0.2, 0) is 10.0 Å². The predicted molar refractivity (Wildman–Crippen MR) is 68.4 cm³/mol. The van der Waals surface area contributed by atoms with Crippen LogP contribution in [0.2, 0.25) is 0 Å². The molecule has 2 unspecified atom stereocenters. The maximum atomic E-state index is 12.6. The lowest BCUT2D eigenvalue weighted by molar-refractivity contribution is 0.0692. The van der Waals surface area contributed by atoms with Crippen molar-refractivity contribution in [1.29, 1.82) is 0 Å². The van der Waals surface area contributed by atoms with Crippen LogP contribution in [0.1, 0.15) is 29.6 Å². The summed E-state index contributed by atoms with van der Waals surface area (Å²) in [5.41, 5.74) is -0.148. The summed E-state index contributed by atoms with van der Waals surface area (Å²) < 4.78 is 26.7. The average molecular weight is 281 g/mol. The number of piperidine rings is 1. The fourth-order valence-corrected chi connectivity index (χ4v) is 5.10. The maximum Gasteiger partial charge on any atom is 0.337 e. The summed E-state index contributed by atoms with van der Waals surface area (Å²) in [6, 6.07) is 5.87. The average Bonchev–Trinajstić information content (AvgIpc) is 3.01. The molecule has 2 atom stereocenters. The van der Waals surface area contributed by atoms with Gasteiger partial charge in [0.2, 0.25) is 10.0 Å². The lowest BCUT2D eigenvalue weighted by atomic mass is 10.1. The Morgan fingerprint density at radius 1 is 1.26 bits per heavy atom. The minimum atomic E-state index is -3.69. The number of nitrogens with zero attached hydrogens (tertiary/aromatic N) is 1. The molecule has 0 radical (unpaired) electrons. The largest absolute Gasteiger partial charge is 0.478 e. The van der Waals surface area contributed by atoms with Gasteiger partial charge in [-0.1, -0.05) is 12.1 Å². The zero-order valence-electron chi connectivity index (χ0n) is 10.3. The molecule has 1 aromatic carbocycles. The van der Waals surface area contributed by atoms with Crippen LogP contribution in [-0.4, -0.2) is 36.4 Å². The highest BCUT2D eigenvalue weighted by Crippen LogP contribution is 2.40. The van der Waals surface area contributed by atoms with Gasteiger partial charge in [-0.15, -0.1) is 0 Å². The number of benzene rings is 1. The van der Waals surface area contributed by atoms with Crippen LogP contribution in [0.25, 0.3) is 0 Å². The van der Waals surface area contributed by atoms with E-state index in [4.69, 9.17) is 5.11 Å². The van der Waals surface area contributed by atoms with Crippen molar-refractivity contribution in [2.24, 2.45) is 5.92 Å². The zero-order valence-corrected chi connectivity index (χ0v) is 11.1. The Hall–Kier alpha value is -1.40. The predicted octanol–water partition coefficient (Wildman–Crippen LogP) is 1.56. The summed E-state index contributed by atoms with van der Waals surface area (Å²) in [5.74, 6) is -0.764. The molecule has 0 spiro atoms. The Morgan fingerprint density at radius 3 is 2.58 bits per heavy atom. The first kappa shape index (κ1) is 12.6. The van der Waals surface area contributed by atoms with E-state index < -0.39 is 16.0 Å². The SMILES string of the molecule is O=C(O)c1ccccc1S(=O)(=O)N1CC2CCC1C2. The van der Waals surface area contributed by atoms with Crippen LogP contribution in [0.15, 0.2) is 29.2 Å². The summed E-state index contributed by atoms with van der Waals surface area (Å²) in [6.07, 6.45) is 2.88. The number of hydrogen-bond donors (Lipinski definition) is 1. The van der Waals surface area contributed by atoms with Gasteiger partial charge in [0.15, 0.2) is 0 Å². The second kappa shape index (κ2) is 4.31. The molecule has 2 aliphatic rings. The molecule has 3 rings (SSSR count). The summed E-state index contributed by atoms with van der Waals surface area (Å²) in [6.45, 7) is 0.529. The van der Waals surface area contributed by atoms with E-state index in [1.807, 2.05) is 0 Å². The van der Waals surface area contributed by atoms with E-state index >= 15 is 0 Å². The molecule has 1 saturated heterocycles. The van der Waals surface area contributed by atoms with E-state index in [-0.39, 0.29) is 16.5 Å². The fraction of sp³-hybridized carbons (Fsp3) is 0.462. The summed E-state index contributed by atoms with van der Waals surface area (Å²) in [7, 11) is -3.69. The monoisotopic (exact) mass is 281 g/mol. The lowest BCUT2D eigenvalue weighted by Gasteiger charge is -2.26. The molecule has 0 amide bonds. The van der Waals surface area contributed by atoms with Crippen molar-refractivity contribution in [2.45, 2.75) is 30.2 Å². The second-order valence-electron chi connectivity index (χ2n) is 5.21. The smallest absolute Gasteiger partial charge is 0.337 e. The molecule has 102 valence electrons. The van der Waals surface area contributed by atoms with Crippen LogP contribution in [0, 0.1) is 5.92 Å². The van der Waals surface area contributed by atoms with Crippen LogP contribution < -0.4 is 0 Å². The maximum absolute atomic E-state index is 12.6. The van der Waals surface area contributed by atoms with Crippen molar-refractivity contribution in [2.75, 3.05) is 6.54 Å². The molecule has 1 aliphatic heterocycles. The van der Waals surface area contributed by atoms with Crippen molar-refractivity contribution in [3.63, 3.8) is 0 Å². The van der Waals surface area contributed by atoms with E-state index in [0.29, 0.717) is 12.5 Å². The van der Waals surface area contributed by atoms with Crippen LogP contribution in [0.4, 0.5) is 0 Å². The van der Waals surface area contributed by atoms with Crippen LogP contribution in [0.5, 0.6) is 0 Å². The Bertz CT molecular complexity index is 625. The van der Waals surface area contributed by atoms with Crippen molar-refractivity contribution in [3.05, 3.63) is 29.8 Å². The summed E-state index contributed by atoms with van der Waals surface area (Å²) in [5, 5.41) is 9.12. The van der Waals surface area contributed by atoms with Gasteiger partial charge in [-0.05, 0) is 37.3 Å². The Balaban J connectivity index is 2.04. The number of hydrogen-bond acceptors (Lipinski definition) is 3. The zero-order chi connectivity index (χ0) is 13.6. The standard InChI is InChI=1S/C13H15NO4S/c15-13(16)11-3-1-2-4-12(11)19(17,18)14-8-9-5-6-10(14)7-9/h1-4,9-10H,5-8H2,(H,15,16). The molecule has 1 N–H and O–H groups in total. The highest BCUT2D eigenvalue weighted by Gasteiger charge is 2.45. The van der Waals surface area contributed by atoms with Gasteiger partial charge in [0.05, 0.1) is 10.5 Å². The van der Waals surface area contributed by atoms with E-state index in [1.165, 1.54) is 16.4 Å². The second-order valence-corrected chi connectivity index (χ2v) is 7.07. The Labute approximate surface area is 111 Å². The number of aromatic carboxylic acids is 1. The van der Waals surface area contributed by atoms with Gasteiger partial charge in [0.1, 0.15) is 0 Å². The molecule has 1 heterocycles. The molecule has 0 aromatic heterocycles. The normalized spacial score (nSPS) is 26.7. The van der Waals surface area contributed by atoms with Gasteiger partial charge >= 0.3 is 5.97 Å². The molecule has 1 aliphatic carbocycles. The minimum absolute atomic E-state index is 0.0526. The number of rotatable bonds is 3. The molecule has 5 nitrogen and oxygen atoms in total. The van der Waals surface area contributed by atoms with Crippen molar-refractivity contribution >= 4 is 16.0 Å². The first-order valence-corrected chi connectivity index (χ1v) is 7.78. The van der Waals surface area contributed by atoms with Crippen molar-refractivity contribution in [3.8, 4) is 0 Å². The molecular formula is C13H15NO4S. The molecular weight excluding hydrogens is 266 g/mol. The molecule has 6 heteroatoms. The van der Waals surface area contributed by atoms with Crippen LogP contribution in [0.3, 0.4) is 0 Å². The third-order valence-corrected chi connectivity index (χ3v) is 6.04. The number of carbonyl (C=O) groups is 1. The summed E-state index contributed by atoms with van der Waals surface area (Å²) >= 11 is 0. The van der Waals surface area contributed by atoms with E-state index in [1.54, 1.807) is 12.1 Å².